The molecule has 0 saturated heterocycles. The predicted molar refractivity (Wildman–Crippen MR) is 46.7 cm³/mol. The van der Waals surface area contributed by atoms with E-state index in [-0.39, 0.29) is 5.63 Å². The second-order valence-electron chi connectivity index (χ2n) is 2.31. The summed E-state index contributed by atoms with van der Waals surface area (Å²) in [6.45, 7) is 1.97. The van der Waals surface area contributed by atoms with Crippen LogP contribution in [0.3, 0.4) is 0 Å². The van der Waals surface area contributed by atoms with E-state index in [1.54, 1.807) is 12.1 Å². The summed E-state index contributed by atoms with van der Waals surface area (Å²) in [5.74, 6) is 5.78. The van der Waals surface area contributed by atoms with Crippen molar-refractivity contribution in [3.63, 3.8) is 0 Å². The van der Waals surface area contributed by atoms with E-state index in [1.807, 2.05) is 6.92 Å². The SMILES string of the molecule is CCC#CCc1cccoc1=O. The Morgan fingerprint density at radius 3 is 3.00 bits per heavy atom. The molecule has 0 atom stereocenters. The van der Waals surface area contributed by atoms with Gasteiger partial charge in [-0.2, -0.15) is 0 Å². The first-order valence-corrected chi connectivity index (χ1v) is 3.87. The Morgan fingerprint density at radius 2 is 2.33 bits per heavy atom. The van der Waals surface area contributed by atoms with Gasteiger partial charge in [0, 0.05) is 18.4 Å². The molecule has 2 heteroatoms. The minimum absolute atomic E-state index is 0.289. The molecular formula is C10H10O2. The molecule has 0 bridgehead atoms. The average molecular weight is 162 g/mol. The Bertz CT molecular complexity index is 352. The van der Waals surface area contributed by atoms with Crippen LogP contribution in [0.25, 0.3) is 0 Å². The molecule has 1 aromatic heterocycles. The fraction of sp³-hybridized carbons (Fsp3) is 0.300. The van der Waals surface area contributed by atoms with Gasteiger partial charge < -0.3 is 4.42 Å². The largest absolute Gasteiger partial charge is 0.431 e. The molecule has 62 valence electrons. The first-order chi connectivity index (χ1) is 5.84. The molecule has 0 radical (unpaired) electrons. The summed E-state index contributed by atoms with van der Waals surface area (Å²) in [5, 5.41) is 0. The maximum atomic E-state index is 11.0. The summed E-state index contributed by atoms with van der Waals surface area (Å²) in [6, 6.07) is 3.43. The summed E-state index contributed by atoms with van der Waals surface area (Å²) in [4.78, 5) is 11.0. The maximum Gasteiger partial charge on any atom is 0.339 e. The first-order valence-electron chi connectivity index (χ1n) is 3.87. The fourth-order valence-electron chi connectivity index (χ4n) is 0.814. The molecule has 0 unspecified atom stereocenters. The zero-order valence-corrected chi connectivity index (χ0v) is 6.96. The molecule has 0 aliphatic heterocycles. The van der Waals surface area contributed by atoms with Crippen molar-refractivity contribution in [3.8, 4) is 11.8 Å². The van der Waals surface area contributed by atoms with Gasteiger partial charge in [0.25, 0.3) is 0 Å². The van der Waals surface area contributed by atoms with E-state index in [4.69, 9.17) is 0 Å². The molecule has 1 aromatic rings. The van der Waals surface area contributed by atoms with Gasteiger partial charge in [-0.3, -0.25) is 0 Å². The van der Waals surface area contributed by atoms with E-state index in [9.17, 15) is 4.79 Å². The fourth-order valence-corrected chi connectivity index (χ4v) is 0.814. The van der Waals surface area contributed by atoms with Crippen LogP contribution in [0.2, 0.25) is 0 Å². The standard InChI is InChI=1S/C10H10O2/c1-2-3-4-6-9-7-5-8-12-10(9)11/h5,7-8H,2,6H2,1H3. The molecule has 0 aliphatic rings. The zero-order valence-electron chi connectivity index (χ0n) is 6.96. The topological polar surface area (TPSA) is 30.2 Å². The summed E-state index contributed by atoms with van der Waals surface area (Å²) < 4.78 is 4.67. The summed E-state index contributed by atoms with van der Waals surface area (Å²) in [6.07, 6.45) is 2.67. The summed E-state index contributed by atoms with van der Waals surface area (Å²) >= 11 is 0. The van der Waals surface area contributed by atoms with Crippen molar-refractivity contribution in [2.24, 2.45) is 0 Å². The van der Waals surface area contributed by atoms with E-state index in [0.717, 1.165) is 6.42 Å². The highest BCUT2D eigenvalue weighted by molar-refractivity contribution is 5.15. The van der Waals surface area contributed by atoms with Crippen LogP contribution in [-0.4, -0.2) is 0 Å². The Balaban J connectivity index is 2.76. The monoisotopic (exact) mass is 162 g/mol. The van der Waals surface area contributed by atoms with Crippen molar-refractivity contribution >= 4 is 0 Å². The van der Waals surface area contributed by atoms with Gasteiger partial charge in [-0.25, -0.2) is 4.79 Å². The molecule has 0 aliphatic carbocycles. The molecule has 0 N–H and O–H groups in total. The van der Waals surface area contributed by atoms with Crippen molar-refractivity contribution < 1.29 is 4.42 Å². The van der Waals surface area contributed by atoms with E-state index in [0.29, 0.717) is 12.0 Å². The molecule has 12 heavy (non-hydrogen) atoms. The summed E-state index contributed by atoms with van der Waals surface area (Å²) in [7, 11) is 0. The Hall–Kier alpha value is -1.49. The Labute approximate surface area is 71.2 Å². The van der Waals surface area contributed by atoms with Crippen molar-refractivity contribution in [2.75, 3.05) is 0 Å². The van der Waals surface area contributed by atoms with Crippen LogP contribution >= 0.6 is 0 Å². The van der Waals surface area contributed by atoms with Crippen LogP contribution in [0.5, 0.6) is 0 Å². The minimum Gasteiger partial charge on any atom is -0.431 e. The highest BCUT2D eigenvalue weighted by Gasteiger charge is 1.95. The lowest BCUT2D eigenvalue weighted by Crippen LogP contribution is -2.04. The molecule has 0 aromatic carbocycles. The highest BCUT2D eigenvalue weighted by atomic mass is 16.4. The maximum absolute atomic E-state index is 11.0. The molecule has 1 heterocycles. The highest BCUT2D eigenvalue weighted by Crippen LogP contribution is 1.90. The van der Waals surface area contributed by atoms with E-state index in [1.165, 1.54) is 6.26 Å². The molecule has 2 nitrogen and oxygen atoms in total. The molecule has 0 amide bonds. The minimum atomic E-state index is -0.289. The van der Waals surface area contributed by atoms with E-state index in [2.05, 4.69) is 16.3 Å². The van der Waals surface area contributed by atoms with Crippen molar-refractivity contribution in [1.82, 2.24) is 0 Å². The lowest BCUT2D eigenvalue weighted by atomic mass is 10.2. The van der Waals surface area contributed by atoms with Crippen LogP contribution in [0.1, 0.15) is 18.9 Å². The zero-order chi connectivity index (χ0) is 8.81. The van der Waals surface area contributed by atoms with Gasteiger partial charge in [-0.05, 0) is 12.1 Å². The molecule has 0 saturated carbocycles. The van der Waals surface area contributed by atoms with Crippen molar-refractivity contribution in [2.45, 2.75) is 19.8 Å². The molecular weight excluding hydrogens is 152 g/mol. The van der Waals surface area contributed by atoms with Gasteiger partial charge in [0.1, 0.15) is 0 Å². The third-order valence-electron chi connectivity index (χ3n) is 1.39. The van der Waals surface area contributed by atoms with Crippen LogP contribution in [0.4, 0.5) is 0 Å². The van der Waals surface area contributed by atoms with E-state index >= 15 is 0 Å². The van der Waals surface area contributed by atoms with E-state index < -0.39 is 0 Å². The third-order valence-corrected chi connectivity index (χ3v) is 1.39. The van der Waals surface area contributed by atoms with Gasteiger partial charge in [-0.15, -0.1) is 5.92 Å². The van der Waals surface area contributed by atoms with Gasteiger partial charge >= 0.3 is 5.63 Å². The van der Waals surface area contributed by atoms with Crippen LogP contribution < -0.4 is 5.63 Å². The molecule has 0 fully saturated rings. The molecule has 1 rings (SSSR count). The van der Waals surface area contributed by atoms with Crippen LogP contribution in [0, 0.1) is 11.8 Å². The number of hydrogen-bond donors (Lipinski definition) is 0. The second-order valence-corrected chi connectivity index (χ2v) is 2.31. The number of rotatable bonds is 1. The van der Waals surface area contributed by atoms with Gasteiger partial charge in [0.15, 0.2) is 0 Å². The lowest BCUT2D eigenvalue weighted by molar-refractivity contribution is 0.504. The average Bonchev–Trinajstić information content (AvgIpc) is 2.09. The summed E-state index contributed by atoms with van der Waals surface area (Å²) in [5.41, 5.74) is 0.335. The van der Waals surface area contributed by atoms with Crippen molar-refractivity contribution in [3.05, 3.63) is 34.4 Å². The Morgan fingerprint density at radius 1 is 1.50 bits per heavy atom. The first kappa shape index (κ1) is 8.61. The van der Waals surface area contributed by atoms with Crippen LogP contribution in [-0.2, 0) is 6.42 Å². The Kier molecular flexibility index (Phi) is 3.16. The smallest absolute Gasteiger partial charge is 0.339 e. The van der Waals surface area contributed by atoms with Gasteiger partial charge in [0.05, 0.1) is 6.26 Å². The van der Waals surface area contributed by atoms with Gasteiger partial charge in [-0.1, -0.05) is 12.8 Å². The van der Waals surface area contributed by atoms with Crippen molar-refractivity contribution in [1.29, 1.82) is 0 Å². The normalized spacial score (nSPS) is 8.75. The molecule has 0 spiro atoms. The number of hydrogen-bond acceptors (Lipinski definition) is 2. The second kappa shape index (κ2) is 4.40. The third kappa shape index (κ3) is 2.28. The quantitative estimate of drug-likeness (QED) is 0.587. The van der Waals surface area contributed by atoms with Crippen LogP contribution in [0.15, 0.2) is 27.6 Å². The van der Waals surface area contributed by atoms with Gasteiger partial charge in [0.2, 0.25) is 0 Å². The predicted octanol–water partition coefficient (Wildman–Crippen LogP) is 1.60. The lowest BCUT2D eigenvalue weighted by Gasteiger charge is -1.88.